The molecule has 39 heavy (non-hydrogen) atoms. The second-order valence-corrected chi connectivity index (χ2v) is 14.5. The number of pyridine rings is 1. The third kappa shape index (κ3) is 4.01. The van der Waals surface area contributed by atoms with Crippen LogP contribution in [0.25, 0.3) is 43.6 Å². The lowest BCUT2D eigenvalue weighted by Gasteiger charge is -2.29. The lowest BCUT2D eigenvalue weighted by atomic mass is 9.80. The van der Waals surface area contributed by atoms with Crippen molar-refractivity contribution in [2.75, 3.05) is 0 Å². The molecule has 198 valence electrons. The van der Waals surface area contributed by atoms with Gasteiger partial charge in [0.2, 0.25) is 5.69 Å². The molecule has 2 heteroatoms. The molecule has 0 saturated heterocycles. The fourth-order valence-corrected chi connectivity index (χ4v) is 8.87. The molecule has 1 nitrogen and oxygen atoms in total. The van der Waals surface area contributed by atoms with E-state index in [-0.39, 0.29) is 5.41 Å². The van der Waals surface area contributed by atoms with Gasteiger partial charge in [0, 0.05) is 21.2 Å². The summed E-state index contributed by atoms with van der Waals surface area (Å²) in [6.45, 7) is 11.7. The number of nitrogens with zero attached hydrogens (tertiary/aromatic N) is 1. The molecule has 2 heterocycles. The van der Waals surface area contributed by atoms with Crippen LogP contribution in [0.15, 0.2) is 64.5 Å². The summed E-state index contributed by atoms with van der Waals surface area (Å²) in [4.78, 5) is 2.88. The molecule has 0 amide bonds. The minimum Gasteiger partial charge on any atom is -0.200 e. The van der Waals surface area contributed by atoms with Crippen LogP contribution in [0.2, 0.25) is 0 Å². The summed E-state index contributed by atoms with van der Waals surface area (Å²) in [6.07, 6.45) is 10.2. The number of benzene rings is 4. The van der Waals surface area contributed by atoms with Crippen LogP contribution in [-0.2, 0) is 13.5 Å². The molecule has 0 unspecified atom stereocenters. The maximum Gasteiger partial charge on any atom is 0.222 e. The number of rotatable bonds is 2. The third-order valence-corrected chi connectivity index (χ3v) is 10.4. The van der Waals surface area contributed by atoms with Crippen molar-refractivity contribution in [3.63, 3.8) is 0 Å². The molecule has 5 aromatic rings. The second-order valence-electron chi connectivity index (χ2n) is 13.4. The topological polar surface area (TPSA) is 3.88 Å². The molecule has 2 aliphatic rings. The predicted octanol–water partition coefficient (Wildman–Crippen LogP) is 10.4. The Bertz CT molecular complexity index is 1800. The minimum absolute atomic E-state index is 0.203. The minimum atomic E-state index is 0.203. The van der Waals surface area contributed by atoms with Gasteiger partial charge in [0.15, 0.2) is 6.20 Å². The van der Waals surface area contributed by atoms with Crippen LogP contribution in [0.3, 0.4) is 0 Å². The molecule has 1 fully saturated rings. The van der Waals surface area contributed by atoms with E-state index in [9.17, 15) is 0 Å². The molecule has 4 aromatic carbocycles. The fourth-order valence-electron chi connectivity index (χ4n) is 7.50. The Morgan fingerprint density at radius 2 is 1.67 bits per heavy atom. The van der Waals surface area contributed by atoms with Gasteiger partial charge in [0.1, 0.15) is 7.05 Å². The number of aryl methyl sites for hydroxylation is 3. The zero-order valence-corrected chi connectivity index (χ0v) is 25.2. The zero-order chi connectivity index (χ0) is 27.1. The first-order valence-electron chi connectivity index (χ1n) is 14.8. The molecular formula is C37H40NS+. The van der Waals surface area contributed by atoms with Crippen LogP contribution in [0.1, 0.15) is 81.0 Å². The molecule has 1 aliphatic heterocycles. The van der Waals surface area contributed by atoms with Crippen molar-refractivity contribution in [1.82, 2.24) is 0 Å². The average molecular weight is 531 g/mol. The Labute approximate surface area is 237 Å². The third-order valence-electron chi connectivity index (χ3n) is 9.24. The van der Waals surface area contributed by atoms with Crippen LogP contribution in [0, 0.1) is 19.3 Å². The highest BCUT2D eigenvalue weighted by atomic mass is 32.2. The van der Waals surface area contributed by atoms with Gasteiger partial charge in [-0.1, -0.05) is 93.8 Å². The number of aromatic nitrogens is 1. The summed E-state index contributed by atoms with van der Waals surface area (Å²) < 4.78 is 2.40. The van der Waals surface area contributed by atoms with E-state index in [2.05, 4.69) is 101 Å². The highest BCUT2D eigenvalue weighted by molar-refractivity contribution is 8.00. The quantitative estimate of drug-likeness (QED) is 0.159. The van der Waals surface area contributed by atoms with E-state index in [0.717, 1.165) is 6.42 Å². The first kappa shape index (κ1) is 25.1. The van der Waals surface area contributed by atoms with Crippen molar-refractivity contribution >= 4 is 44.1 Å². The second kappa shape index (κ2) is 9.10. The van der Waals surface area contributed by atoms with E-state index in [1.807, 2.05) is 11.8 Å². The standard InChI is InChI=1S/C37H40NS/c1-22-15-16-27-29(19-22)23(2)32-35-34-28(17-18-38(35)6)33-25(13-10-14-26(33)24-11-8-7-9-12-24)20-31(34)39-36(32)30(27)21-37(3,4)5/h10,13-20,24H,7-9,11-12,21H2,1-6H3/q+1. The van der Waals surface area contributed by atoms with Crippen molar-refractivity contribution in [1.29, 1.82) is 0 Å². The van der Waals surface area contributed by atoms with Crippen LogP contribution >= 0.6 is 11.8 Å². The zero-order valence-electron chi connectivity index (χ0n) is 24.4. The average Bonchev–Trinajstić information content (AvgIpc) is 2.91. The summed E-state index contributed by atoms with van der Waals surface area (Å²) in [5, 5.41) is 8.64. The summed E-state index contributed by atoms with van der Waals surface area (Å²) in [6, 6.07) is 19.1. The smallest absolute Gasteiger partial charge is 0.200 e. The summed E-state index contributed by atoms with van der Waals surface area (Å²) >= 11 is 2.03. The van der Waals surface area contributed by atoms with E-state index < -0.39 is 0 Å². The lowest BCUT2D eigenvalue weighted by molar-refractivity contribution is -0.659. The van der Waals surface area contributed by atoms with Crippen LogP contribution in [-0.4, -0.2) is 0 Å². The Balaban J connectivity index is 1.61. The van der Waals surface area contributed by atoms with Crippen molar-refractivity contribution < 1.29 is 4.57 Å². The number of hydrogen-bond acceptors (Lipinski definition) is 1. The first-order chi connectivity index (χ1) is 18.7. The molecule has 0 radical (unpaired) electrons. The molecule has 1 saturated carbocycles. The Hall–Kier alpha value is -2.84. The molecule has 0 bridgehead atoms. The Morgan fingerprint density at radius 1 is 0.872 bits per heavy atom. The molecule has 7 rings (SSSR count). The highest BCUT2D eigenvalue weighted by Crippen LogP contribution is 2.54. The van der Waals surface area contributed by atoms with Crippen LogP contribution in [0.5, 0.6) is 0 Å². The molecular weight excluding hydrogens is 490 g/mol. The Kier molecular flexibility index (Phi) is 5.87. The van der Waals surface area contributed by atoms with E-state index in [0.29, 0.717) is 5.92 Å². The van der Waals surface area contributed by atoms with E-state index >= 15 is 0 Å². The van der Waals surface area contributed by atoms with Crippen molar-refractivity contribution in [3.05, 3.63) is 77.0 Å². The van der Waals surface area contributed by atoms with Gasteiger partial charge >= 0.3 is 0 Å². The highest BCUT2D eigenvalue weighted by Gasteiger charge is 2.34. The predicted molar refractivity (Wildman–Crippen MR) is 168 cm³/mol. The van der Waals surface area contributed by atoms with Gasteiger partial charge in [-0.3, -0.25) is 0 Å². The molecule has 0 spiro atoms. The van der Waals surface area contributed by atoms with Crippen LogP contribution in [0.4, 0.5) is 0 Å². The largest absolute Gasteiger partial charge is 0.222 e. The molecule has 0 atom stereocenters. The number of fused-ring (bicyclic) bond motifs is 5. The van der Waals surface area contributed by atoms with Gasteiger partial charge in [-0.25, -0.2) is 4.57 Å². The van der Waals surface area contributed by atoms with Crippen LogP contribution < -0.4 is 4.57 Å². The van der Waals surface area contributed by atoms with E-state index in [4.69, 9.17) is 0 Å². The maximum atomic E-state index is 2.51. The van der Waals surface area contributed by atoms with Gasteiger partial charge in [0.25, 0.3) is 0 Å². The summed E-state index contributed by atoms with van der Waals surface area (Å²) in [5.74, 6) is 0.684. The first-order valence-corrected chi connectivity index (χ1v) is 15.6. The van der Waals surface area contributed by atoms with Gasteiger partial charge in [-0.05, 0) is 88.7 Å². The molecule has 1 aliphatic carbocycles. The Morgan fingerprint density at radius 3 is 2.44 bits per heavy atom. The van der Waals surface area contributed by atoms with Gasteiger partial charge in [-0.2, -0.15) is 0 Å². The van der Waals surface area contributed by atoms with E-state index in [1.54, 1.807) is 5.56 Å². The summed E-state index contributed by atoms with van der Waals surface area (Å²) in [7, 11) is 2.25. The van der Waals surface area contributed by atoms with Gasteiger partial charge in [-0.15, -0.1) is 0 Å². The van der Waals surface area contributed by atoms with E-state index in [1.165, 1.54) is 102 Å². The SMILES string of the molecule is Cc1ccc2c(CC(C)(C)C)c3c(c(C)c2c1)-c1c2c(cc4cccc(C5CCCCC5)c4c2cc[n+]1C)S3. The fraction of sp³-hybridized carbons (Fsp3) is 0.378. The molecule has 0 N–H and O–H groups in total. The van der Waals surface area contributed by atoms with Crippen molar-refractivity contribution in [3.8, 4) is 11.3 Å². The van der Waals surface area contributed by atoms with Gasteiger partial charge < -0.3 is 0 Å². The number of hydrogen-bond donors (Lipinski definition) is 0. The van der Waals surface area contributed by atoms with Crippen molar-refractivity contribution in [2.45, 2.75) is 88.9 Å². The summed E-state index contributed by atoms with van der Waals surface area (Å²) in [5.41, 5.74) is 8.90. The monoisotopic (exact) mass is 530 g/mol. The maximum absolute atomic E-state index is 2.51. The lowest BCUT2D eigenvalue weighted by Crippen LogP contribution is -2.32. The van der Waals surface area contributed by atoms with Gasteiger partial charge in [0.05, 0.1) is 10.9 Å². The molecule has 1 aromatic heterocycles. The normalized spacial score (nSPS) is 15.8. The van der Waals surface area contributed by atoms with Crippen molar-refractivity contribution in [2.24, 2.45) is 12.5 Å².